The highest BCUT2D eigenvalue weighted by Gasteiger charge is 2.26. The molecule has 1 N–H and O–H groups in total. The minimum absolute atomic E-state index is 0.00515. The van der Waals surface area contributed by atoms with E-state index in [1.807, 2.05) is 0 Å². The van der Waals surface area contributed by atoms with Crippen LogP contribution in [0.15, 0.2) is 28.3 Å². The quantitative estimate of drug-likeness (QED) is 0.717. The molecule has 0 spiro atoms. The predicted octanol–water partition coefficient (Wildman–Crippen LogP) is 1.89. The normalized spacial score (nSPS) is 24.5. The molecular weight excluding hydrogens is 386 g/mol. The van der Waals surface area contributed by atoms with Crippen LogP contribution in [0.4, 0.5) is 0 Å². The van der Waals surface area contributed by atoms with Gasteiger partial charge in [0.2, 0.25) is 15.9 Å². The maximum atomic E-state index is 12.6. The van der Waals surface area contributed by atoms with Crippen LogP contribution in [0.25, 0.3) is 0 Å². The van der Waals surface area contributed by atoms with Crippen LogP contribution in [0.3, 0.4) is 0 Å². The Bertz CT molecular complexity index is 733. The van der Waals surface area contributed by atoms with E-state index in [4.69, 9.17) is 4.74 Å². The molecule has 2 fully saturated rings. The van der Waals surface area contributed by atoms with Crippen LogP contribution in [0, 0.1) is 5.92 Å². The van der Waals surface area contributed by atoms with Gasteiger partial charge in [0, 0.05) is 25.3 Å². The lowest BCUT2D eigenvalue weighted by molar-refractivity contribution is -0.119. The number of ether oxygens (including phenoxy) is 1. The number of hydrogen-bond acceptors (Lipinski definition) is 6. The molecule has 27 heavy (non-hydrogen) atoms. The van der Waals surface area contributed by atoms with Crippen LogP contribution in [0.1, 0.15) is 32.6 Å². The summed E-state index contributed by atoms with van der Waals surface area (Å²) in [6.45, 7) is 3.73. The first kappa shape index (κ1) is 20.6. The predicted molar refractivity (Wildman–Crippen MR) is 104 cm³/mol. The smallest absolute Gasteiger partial charge is 0.244 e. The summed E-state index contributed by atoms with van der Waals surface area (Å²) in [6.07, 6.45) is 5.99. The number of carbonyl (C=O) groups is 1. The van der Waals surface area contributed by atoms with Gasteiger partial charge in [-0.05, 0) is 30.9 Å². The number of hydrogen-bond donors (Lipinski definition) is 1. The van der Waals surface area contributed by atoms with Crippen molar-refractivity contribution in [3.8, 4) is 0 Å². The lowest BCUT2D eigenvalue weighted by atomic mass is 9.86. The fraction of sp³-hybridized carbons (Fsp3) is 0.667. The van der Waals surface area contributed by atoms with Crippen LogP contribution >= 0.6 is 11.8 Å². The maximum absolute atomic E-state index is 12.6. The minimum atomic E-state index is -3.53. The Labute approximate surface area is 165 Å². The summed E-state index contributed by atoms with van der Waals surface area (Å²) in [5.74, 6) is 0.812. The van der Waals surface area contributed by atoms with Gasteiger partial charge in [0.25, 0.3) is 0 Å². The molecule has 1 aliphatic heterocycles. The van der Waals surface area contributed by atoms with Gasteiger partial charge in [0.1, 0.15) is 4.90 Å². The largest absolute Gasteiger partial charge is 0.379 e. The molecule has 150 valence electrons. The highest BCUT2D eigenvalue weighted by Crippen LogP contribution is 2.24. The van der Waals surface area contributed by atoms with Gasteiger partial charge in [-0.2, -0.15) is 4.31 Å². The average molecular weight is 414 g/mol. The molecular formula is C18H27N3O4S2. The summed E-state index contributed by atoms with van der Waals surface area (Å²) in [6, 6.07) is 3.48. The van der Waals surface area contributed by atoms with Crippen LogP contribution in [-0.2, 0) is 19.6 Å². The number of carbonyl (C=O) groups excluding carboxylic acids is 1. The molecule has 2 unspecified atom stereocenters. The SMILES string of the molecule is CC1CCCCC1NC(=O)CSc1ccc(S(=O)(=O)N2CCOCC2)cn1. The number of rotatable bonds is 6. The highest BCUT2D eigenvalue weighted by atomic mass is 32.2. The Morgan fingerprint density at radius 2 is 2.04 bits per heavy atom. The van der Waals surface area contributed by atoms with E-state index in [0.717, 1.165) is 6.42 Å². The van der Waals surface area contributed by atoms with E-state index in [1.54, 1.807) is 12.1 Å². The van der Waals surface area contributed by atoms with Crippen molar-refractivity contribution in [3.05, 3.63) is 18.3 Å². The number of nitrogens with zero attached hydrogens (tertiary/aromatic N) is 2. The van der Waals surface area contributed by atoms with Gasteiger partial charge in [-0.3, -0.25) is 4.79 Å². The van der Waals surface area contributed by atoms with Gasteiger partial charge < -0.3 is 10.1 Å². The zero-order chi connectivity index (χ0) is 19.3. The average Bonchev–Trinajstić information content (AvgIpc) is 2.69. The highest BCUT2D eigenvalue weighted by molar-refractivity contribution is 7.99. The van der Waals surface area contributed by atoms with Crippen LogP contribution in [0.5, 0.6) is 0 Å². The summed E-state index contributed by atoms with van der Waals surface area (Å²) in [5, 5.41) is 3.76. The molecule has 1 saturated carbocycles. The van der Waals surface area contributed by atoms with Crippen molar-refractivity contribution in [2.24, 2.45) is 5.92 Å². The minimum Gasteiger partial charge on any atom is -0.379 e. The standard InChI is InChI=1S/C18H27N3O4S2/c1-14-4-2-3-5-16(14)20-17(22)13-26-18-7-6-15(12-19-18)27(23,24)21-8-10-25-11-9-21/h6-7,12,14,16H,2-5,8-11,13H2,1H3,(H,20,22). The molecule has 0 aromatic carbocycles. The van der Waals surface area contributed by atoms with Gasteiger partial charge in [0.15, 0.2) is 0 Å². The Morgan fingerprint density at radius 1 is 1.30 bits per heavy atom. The molecule has 1 saturated heterocycles. The number of morpholine rings is 1. The lowest BCUT2D eigenvalue weighted by Gasteiger charge is -2.29. The number of pyridine rings is 1. The van der Waals surface area contributed by atoms with Crippen LogP contribution < -0.4 is 5.32 Å². The van der Waals surface area contributed by atoms with E-state index in [0.29, 0.717) is 37.2 Å². The zero-order valence-corrected chi connectivity index (χ0v) is 17.2. The van der Waals surface area contributed by atoms with Crippen molar-refractivity contribution < 1.29 is 17.9 Å². The molecule has 1 aromatic heterocycles. The second kappa shape index (κ2) is 9.36. The number of sulfonamides is 1. The molecule has 2 aliphatic rings. The molecule has 2 heterocycles. The molecule has 1 aliphatic carbocycles. The van der Waals surface area contributed by atoms with Gasteiger partial charge in [0.05, 0.1) is 24.0 Å². The Balaban J connectivity index is 1.52. The number of aromatic nitrogens is 1. The van der Waals surface area contributed by atoms with E-state index in [2.05, 4.69) is 17.2 Å². The van der Waals surface area contributed by atoms with Gasteiger partial charge >= 0.3 is 0 Å². The van der Waals surface area contributed by atoms with Crippen LogP contribution in [0.2, 0.25) is 0 Å². The maximum Gasteiger partial charge on any atom is 0.244 e. The first-order chi connectivity index (χ1) is 13.0. The third-order valence-electron chi connectivity index (χ3n) is 5.13. The van der Waals surface area contributed by atoms with Crippen molar-refractivity contribution in [3.63, 3.8) is 0 Å². The molecule has 9 heteroatoms. The molecule has 7 nitrogen and oxygen atoms in total. The molecule has 1 amide bonds. The summed E-state index contributed by atoms with van der Waals surface area (Å²) >= 11 is 1.32. The van der Waals surface area contributed by atoms with Crippen molar-refractivity contribution in [1.82, 2.24) is 14.6 Å². The third-order valence-corrected chi connectivity index (χ3v) is 7.95. The van der Waals surface area contributed by atoms with E-state index < -0.39 is 10.0 Å². The van der Waals surface area contributed by atoms with E-state index >= 15 is 0 Å². The van der Waals surface area contributed by atoms with Crippen molar-refractivity contribution in [2.75, 3.05) is 32.1 Å². The lowest BCUT2D eigenvalue weighted by Crippen LogP contribution is -2.41. The van der Waals surface area contributed by atoms with Crippen molar-refractivity contribution in [1.29, 1.82) is 0 Å². The Kier molecular flexibility index (Phi) is 7.13. The first-order valence-corrected chi connectivity index (χ1v) is 11.9. The summed E-state index contributed by atoms with van der Waals surface area (Å²) in [7, 11) is -3.53. The monoisotopic (exact) mass is 413 g/mol. The number of amides is 1. The van der Waals surface area contributed by atoms with Gasteiger partial charge in [-0.25, -0.2) is 13.4 Å². The Hall–Kier alpha value is -1.16. The van der Waals surface area contributed by atoms with E-state index in [9.17, 15) is 13.2 Å². The second-order valence-electron chi connectivity index (χ2n) is 7.07. The van der Waals surface area contributed by atoms with Crippen molar-refractivity contribution in [2.45, 2.75) is 48.6 Å². The fourth-order valence-corrected chi connectivity index (χ4v) is 5.47. The van der Waals surface area contributed by atoms with E-state index in [-0.39, 0.29) is 22.6 Å². The van der Waals surface area contributed by atoms with Gasteiger partial charge in [-0.1, -0.05) is 31.5 Å². The molecule has 3 rings (SSSR count). The molecule has 0 bridgehead atoms. The van der Waals surface area contributed by atoms with Crippen LogP contribution in [-0.4, -0.2) is 61.7 Å². The van der Waals surface area contributed by atoms with E-state index in [1.165, 1.54) is 41.5 Å². The fourth-order valence-electron chi connectivity index (χ4n) is 3.46. The summed E-state index contributed by atoms with van der Waals surface area (Å²) in [5.41, 5.74) is 0. The molecule has 1 aromatic rings. The summed E-state index contributed by atoms with van der Waals surface area (Å²) < 4.78 is 31.8. The topological polar surface area (TPSA) is 88.6 Å². The zero-order valence-electron chi connectivity index (χ0n) is 15.6. The second-order valence-corrected chi connectivity index (χ2v) is 10.0. The first-order valence-electron chi connectivity index (χ1n) is 9.43. The van der Waals surface area contributed by atoms with Crippen molar-refractivity contribution >= 4 is 27.7 Å². The number of nitrogens with one attached hydrogen (secondary N) is 1. The molecule has 2 atom stereocenters. The number of thioether (sulfide) groups is 1. The Morgan fingerprint density at radius 3 is 2.70 bits per heavy atom. The summed E-state index contributed by atoms with van der Waals surface area (Å²) in [4.78, 5) is 16.6. The van der Waals surface area contributed by atoms with Gasteiger partial charge in [-0.15, -0.1) is 0 Å². The molecule has 0 radical (unpaired) electrons. The third kappa shape index (κ3) is 5.43.